The summed E-state index contributed by atoms with van der Waals surface area (Å²) in [6, 6.07) is 56.8. The van der Waals surface area contributed by atoms with Gasteiger partial charge in [0.1, 0.15) is 0 Å². The fraction of sp³-hybridized carbons (Fsp3) is 0.312. The summed E-state index contributed by atoms with van der Waals surface area (Å²) < 4.78 is 0. The lowest BCUT2D eigenvalue weighted by Gasteiger charge is -2.33. The molecule has 0 bridgehead atoms. The molecule has 328 valence electrons. The van der Waals surface area contributed by atoms with E-state index in [4.69, 9.17) is 0 Å². The zero-order chi connectivity index (χ0) is 44.2. The summed E-state index contributed by atoms with van der Waals surface area (Å²) in [7, 11) is 0. The van der Waals surface area contributed by atoms with Crippen molar-refractivity contribution >= 4 is 17.1 Å². The van der Waals surface area contributed by atoms with E-state index in [-0.39, 0.29) is 5.41 Å². The normalized spacial score (nSPS) is 13.8. The van der Waals surface area contributed by atoms with E-state index in [0.29, 0.717) is 0 Å². The topological polar surface area (TPSA) is 3.24 Å². The van der Waals surface area contributed by atoms with Crippen LogP contribution in [0.2, 0.25) is 0 Å². The van der Waals surface area contributed by atoms with E-state index in [0.717, 1.165) is 19.3 Å². The predicted octanol–water partition coefficient (Wildman–Crippen LogP) is 17.0. The molecule has 65 heavy (non-hydrogen) atoms. The molecule has 0 unspecified atom stereocenters. The Balaban J connectivity index is 0.929. The standard InChI is InChI=1S/C64H67N/c1-4-5-8-13-48-21-34-58(35-22-48)65(57-32-16-46(2)17-33-57)59-36-29-53(30-37-59)56-31-39-61-60-38-18-47(3)42-62(60)64(63(61)45-56,40-11-6-9-14-49-19-23-51-25-27-54(51)43-49)41-12-7-10-15-50-20-24-52-26-28-55(52)44-50/h4,16-24,29-39,42-45H,1,5-15,25-28,40-41H2,2-3H3. The van der Waals surface area contributed by atoms with E-state index in [1.807, 2.05) is 6.08 Å². The third kappa shape index (κ3) is 9.18. The highest BCUT2D eigenvalue weighted by molar-refractivity contribution is 5.85. The molecule has 10 rings (SSSR count). The second-order valence-corrected chi connectivity index (χ2v) is 19.8. The van der Waals surface area contributed by atoms with Crippen LogP contribution in [0.3, 0.4) is 0 Å². The first kappa shape index (κ1) is 43.0. The molecule has 0 radical (unpaired) electrons. The maximum atomic E-state index is 3.91. The van der Waals surface area contributed by atoms with Gasteiger partial charge in [0.25, 0.3) is 0 Å². The van der Waals surface area contributed by atoms with Gasteiger partial charge in [-0.15, -0.1) is 6.58 Å². The largest absolute Gasteiger partial charge is 0.311 e. The minimum absolute atomic E-state index is 0.0119. The summed E-state index contributed by atoms with van der Waals surface area (Å²) in [5.74, 6) is 0. The first-order chi connectivity index (χ1) is 31.9. The summed E-state index contributed by atoms with van der Waals surface area (Å²) in [5, 5.41) is 0. The molecule has 1 heteroatoms. The summed E-state index contributed by atoms with van der Waals surface area (Å²) in [6.07, 6.45) is 22.7. The maximum Gasteiger partial charge on any atom is 0.0462 e. The molecule has 1 nitrogen and oxygen atoms in total. The van der Waals surface area contributed by atoms with E-state index in [9.17, 15) is 0 Å². The van der Waals surface area contributed by atoms with Gasteiger partial charge in [-0.3, -0.25) is 0 Å². The zero-order valence-electron chi connectivity index (χ0n) is 39.1. The molecular weight excluding hydrogens is 783 g/mol. The number of aryl methyl sites for hydroxylation is 9. The highest BCUT2D eigenvalue weighted by Crippen LogP contribution is 2.55. The van der Waals surface area contributed by atoms with Gasteiger partial charge in [0.15, 0.2) is 0 Å². The maximum absolute atomic E-state index is 3.91. The van der Waals surface area contributed by atoms with E-state index in [1.54, 1.807) is 33.4 Å². The number of benzene rings is 7. The van der Waals surface area contributed by atoms with Gasteiger partial charge < -0.3 is 4.90 Å². The number of fused-ring (bicyclic) bond motifs is 5. The quantitative estimate of drug-likeness (QED) is 0.0546. The fourth-order valence-electron chi connectivity index (χ4n) is 11.3. The molecule has 7 aromatic rings. The van der Waals surface area contributed by atoms with Crippen LogP contribution in [0.25, 0.3) is 22.3 Å². The average Bonchev–Trinajstić information content (AvgIpc) is 3.57. The molecule has 0 heterocycles. The smallest absolute Gasteiger partial charge is 0.0462 e. The van der Waals surface area contributed by atoms with Crippen molar-refractivity contribution in [3.05, 3.63) is 219 Å². The Bertz CT molecular complexity index is 2700. The van der Waals surface area contributed by atoms with E-state index in [1.165, 1.54) is 157 Å². The van der Waals surface area contributed by atoms with E-state index >= 15 is 0 Å². The summed E-state index contributed by atoms with van der Waals surface area (Å²) in [6.45, 7) is 8.37. The van der Waals surface area contributed by atoms with Gasteiger partial charge in [0.2, 0.25) is 0 Å². The molecule has 0 aliphatic heterocycles. The van der Waals surface area contributed by atoms with Gasteiger partial charge in [-0.25, -0.2) is 0 Å². The molecule has 0 fully saturated rings. The van der Waals surface area contributed by atoms with E-state index < -0.39 is 0 Å². The SMILES string of the molecule is C=CCCCc1ccc(N(c2ccc(C)cc2)c2ccc(-c3ccc4c(c3)C(CCCCCc3ccc5c(c3)CC5)(CCCCCc3ccc5c(c3)CC5)c3cc(C)ccc3-4)cc2)cc1. The van der Waals surface area contributed by atoms with Crippen LogP contribution in [0.1, 0.15) is 125 Å². The van der Waals surface area contributed by atoms with Gasteiger partial charge in [0, 0.05) is 22.5 Å². The van der Waals surface area contributed by atoms with Crippen molar-refractivity contribution < 1.29 is 0 Å². The van der Waals surface area contributed by atoms with Crippen LogP contribution in [0.4, 0.5) is 17.1 Å². The molecule has 3 aliphatic carbocycles. The Labute approximate surface area is 390 Å². The van der Waals surface area contributed by atoms with Gasteiger partial charge in [-0.2, -0.15) is 0 Å². The Hall–Kier alpha value is -5.92. The van der Waals surface area contributed by atoms with Crippen molar-refractivity contribution in [3.8, 4) is 22.3 Å². The van der Waals surface area contributed by atoms with Gasteiger partial charge in [-0.05, 0) is 212 Å². The molecule has 0 N–H and O–H groups in total. The molecule has 0 amide bonds. The Kier molecular flexibility index (Phi) is 12.8. The molecule has 0 atom stereocenters. The first-order valence-corrected chi connectivity index (χ1v) is 25.1. The number of allylic oxidation sites excluding steroid dienone is 1. The first-order valence-electron chi connectivity index (χ1n) is 25.1. The van der Waals surface area contributed by atoms with Crippen LogP contribution >= 0.6 is 0 Å². The molecule has 3 aliphatic rings. The van der Waals surface area contributed by atoms with Crippen LogP contribution in [0.5, 0.6) is 0 Å². The molecule has 0 aromatic heterocycles. The molecule has 0 spiro atoms. The predicted molar refractivity (Wildman–Crippen MR) is 277 cm³/mol. The second-order valence-electron chi connectivity index (χ2n) is 19.8. The van der Waals surface area contributed by atoms with Crippen molar-refractivity contribution in [1.29, 1.82) is 0 Å². The highest BCUT2D eigenvalue weighted by Gasteiger charge is 2.42. The fourth-order valence-corrected chi connectivity index (χ4v) is 11.3. The van der Waals surface area contributed by atoms with Crippen LogP contribution in [-0.4, -0.2) is 0 Å². The number of hydrogen-bond donors (Lipinski definition) is 0. The van der Waals surface area contributed by atoms with Crippen LogP contribution in [0, 0.1) is 13.8 Å². The van der Waals surface area contributed by atoms with E-state index in [2.05, 4.69) is 171 Å². The Morgan fingerprint density at radius 1 is 0.431 bits per heavy atom. The van der Waals surface area contributed by atoms with Crippen molar-refractivity contribution in [1.82, 2.24) is 0 Å². The van der Waals surface area contributed by atoms with Crippen LogP contribution < -0.4 is 4.90 Å². The number of rotatable bonds is 20. The Morgan fingerprint density at radius 2 is 0.908 bits per heavy atom. The minimum Gasteiger partial charge on any atom is -0.311 e. The lowest BCUT2D eigenvalue weighted by atomic mass is 9.70. The van der Waals surface area contributed by atoms with Gasteiger partial charge >= 0.3 is 0 Å². The van der Waals surface area contributed by atoms with Gasteiger partial charge in [0.05, 0.1) is 0 Å². The van der Waals surface area contributed by atoms with Crippen molar-refractivity contribution in [2.45, 2.75) is 128 Å². The number of nitrogens with zero attached hydrogens (tertiary/aromatic N) is 1. The molecule has 0 saturated carbocycles. The minimum atomic E-state index is 0.0119. The summed E-state index contributed by atoms with van der Waals surface area (Å²) in [4.78, 5) is 2.40. The zero-order valence-corrected chi connectivity index (χ0v) is 39.1. The lowest BCUT2D eigenvalue weighted by Crippen LogP contribution is -2.25. The third-order valence-corrected chi connectivity index (χ3v) is 15.3. The average molecular weight is 850 g/mol. The van der Waals surface area contributed by atoms with Gasteiger partial charge in [-0.1, -0.05) is 146 Å². The summed E-state index contributed by atoms with van der Waals surface area (Å²) in [5.41, 5.74) is 25.5. The van der Waals surface area contributed by atoms with Crippen molar-refractivity contribution in [3.63, 3.8) is 0 Å². The number of unbranched alkanes of at least 4 members (excludes halogenated alkanes) is 5. The third-order valence-electron chi connectivity index (χ3n) is 15.3. The van der Waals surface area contributed by atoms with Crippen LogP contribution in [-0.2, 0) is 50.4 Å². The number of anilines is 3. The van der Waals surface area contributed by atoms with Crippen molar-refractivity contribution in [2.75, 3.05) is 4.90 Å². The molecular formula is C64H67N. The molecule has 7 aromatic carbocycles. The molecule has 0 saturated heterocycles. The monoisotopic (exact) mass is 850 g/mol. The van der Waals surface area contributed by atoms with Crippen molar-refractivity contribution in [2.24, 2.45) is 0 Å². The van der Waals surface area contributed by atoms with Crippen LogP contribution in [0.15, 0.2) is 158 Å². The Morgan fingerprint density at radius 3 is 1.46 bits per heavy atom. The summed E-state index contributed by atoms with van der Waals surface area (Å²) >= 11 is 0. The lowest BCUT2D eigenvalue weighted by molar-refractivity contribution is 0.402. The highest BCUT2D eigenvalue weighted by atomic mass is 15.1. The number of hydrogen-bond acceptors (Lipinski definition) is 1. The second kappa shape index (κ2) is 19.3.